The van der Waals surface area contributed by atoms with Crippen molar-refractivity contribution in [1.82, 2.24) is 5.43 Å². The summed E-state index contributed by atoms with van der Waals surface area (Å²) < 4.78 is 5.73. The first-order valence-electron chi connectivity index (χ1n) is 8.24. The monoisotopic (exact) mass is 467 g/mol. The third-order valence-corrected chi connectivity index (χ3v) is 4.42. The maximum Gasteiger partial charge on any atom is 0.240 e. The molecule has 0 saturated carbocycles. The molecule has 0 spiro atoms. The molecule has 0 saturated heterocycles. The molecule has 0 aliphatic heterocycles. The number of anilines is 1. The van der Waals surface area contributed by atoms with Gasteiger partial charge in [-0.3, -0.25) is 9.59 Å². The molecule has 0 atom stereocenters. The molecule has 0 radical (unpaired) electrons. The number of nitrogens with zero attached hydrogens (tertiary/aromatic N) is 1. The number of benzene rings is 2. The van der Waals surface area contributed by atoms with Crippen molar-refractivity contribution < 1.29 is 19.4 Å². The van der Waals surface area contributed by atoms with Crippen LogP contribution < -0.4 is 15.5 Å². The number of rotatable bonds is 7. The maximum atomic E-state index is 12.0. The van der Waals surface area contributed by atoms with E-state index in [0.717, 1.165) is 5.56 Å². The average molecular weight is 469 g/mol. The minimum Gasteiger partial charge on any atom is -0.504 e. The van der Waals surface area contributed by atoms with Gasteiger partial charge in [0.15, 0.2) is 11.5 Å². The molecule has 7 nitrogen and oxygen atoms in total. The number of aryl methyl sites for hydroxylation is 1. The maximum absolute atomic E-state index is 12.0. The highest BCUT2D eigenvalue weighted by molar-refractivity contribution is 9.10. The predicted octanol–water partition coefficient (Wildman–Crippen LogP) is 3.99. The fraction of sp³-hybridized carbons (Fsp3) is 0.211. The van der Waals surface area contributed by atoms with Crippen molar-refractivity contribution >= 4 is 51.2 Å². The molecule has 2 aromatic rings. The van der Waals surface area contributed by atoms with E-state index >= 15 is 0 Å². The van der Waals surface area contributed by atoms with Crippen LogP contribution in [0.3, 0.4) is 0 Å². The summed E-state index contributed by atoms with van der Waals surface area (Å²) in [4.78, 5) is 23.8. The Morgan fingerprint density at radius 2 is 1.96 bits per heavy atom. The van der Waals surface area contributed by atoms with Crippen LogP contribution in [0.1, 0.15) is 24.0 Å². The van der Waals surface area contributed by atoms with Crippen LogP contribution >= 0.6 is 27.5 Å². The number of phenols is 1. The summed E-state index contributed by atoms with van der Waals surface area (Å²) in [6.45, 7) is 1.83. The third kappa shape index (κ3) is 6.24. The van der Waals surface area contributed by atoms with Gasteiger partial charge >= 0.3 is 0 Å². The normalized spacial score (nSPS) is 10.7. The minimum absolute atomic E-state index is 0.000617. The summed E-state index contributed by atoms with van der Waals surface area (Å²) in [5.41, 5.74) is 4.16. The molecule has 0 bridgehead atoms. The standard InChI is InChI=1S/C19H19BrClN3O4/c1-11-7-14(21)3-4-15(11)23-17(25)5-6-18(26)24-22-10-12-8-13(20)9-16(28-2)19(12)27/h3-4,7-10,27H,5-6H2,1-2H3,(H,23,25)(H,24,26). The average Bonchev–Trinajstić information content (AvgIpc) is 2.64. The molecule has 2 rings (SSSR count). The van der Waals surface area contributed by atoms with Crippen LogP contribution in [0.2, 0.25) is 5.02 Å². The van der Waals surface area contributed by atoms with E-state index in [1.165, 1.54) is 13.3 Å². The number of hydrazone groups is 1. The number of hydrogen-bond acceptors (Lipinski definition) is 5. The Hall–Kier alpha value is -2.58. The fourth-order valence-electron chi connectivity index (χ4n) is 2.29. The molecule has 2 aromatic carbocycles. The number of phenolic OH excluding ortho intramolecular Hbond substituents is 1. The topological polar surface area (TPSA) is 100 Å². The molecule has 2 amide bonds. The Balaban J connectivity index is 1.85. The zero-order chi connectivity index (χ0) is 20.7. The van der Waals surface area contributed by atoms with Gasteiger partial charge in [0.1, 0.15) is 0 Å². The molecule has 148 valence electrons. The first kappa shape index (κ1) is 21.7. The van der Waals surface area contributed by atoms with Crippen molar-refractivity contribution in [3.8, 4) is 11.5 Å². The number of amides is 2. The number of halogens is 2. The number of nitrogens with one attached hydrogen (secondary N) is 2. The van der Waals surface area contributed by atoms with E-state index in [2.05, 4.69) is 31.8 Å². The number of methoxy groups -OCH3 is 1. The summed E-state index contributed by atoms with van der Waals surface area (Å²) in [7, 11) is 1.43. The lowest BCUT2D eigenvalue weighted by Crippen LogP contribution is -2.20. The van der Waals surface area contributed by atoms with Crippen molar-refractivity contribution in [3.63, 3.8) is 0 Å². The predicted molar refractivity (Wildman–Crippen MR) is 112 cm³/mol. The second-order valence-corrected chi connectivity index (χ2v) is 7.20. The highest BCUT2D eigenvalue weighted by Crippen LogP contribution is 2.32. The smallest absolute Gasteiger partial charge is 0.240 e. The van der Waals surface area contributed by atoms with Crippen LogP contribution in [0.15, 0.2) is 39.9 Å². The van der Waals surface area contributed by atoms with Gasteiger partial charge in [0.05, 0.1) is 13.3 Å². The molecule has 0 aliphatic rings. The molecule has 0 fully saturated rings. The van der Waals surface area contributed by atoms with Gasteiger partial charge in [-0.25, -0.2) is 5.43 Å². The molecule has 3 N–H and O–H groups in total. The summed E-state index contributed by atoms with van der Waals surface area (Å²) in [5, 5.41) is 17.1. The molecular formula is C19H19BrClN3O4. The van der Waals surface area contributed by atoms with Crippen molar-refractivity contribution in [2.75, 3.05) is 12.4 Å². The van der Waals surface area contributed by atoms with Crippen molar-refractivity contribution in [2.24, 2.45) is 5.10 Å². The Morgan fingerprint density at radius 1 is 1.25 bits per heavy atom. The second kappa shape index (κ2) is 10.1. The number of ether oxygens (including phenoxy) is 1. The Bertz CT molecular complexity index is 918. The number of carbonyl (C=O) groups is 2. The fourth-order valence-corrected chi connectivity index (χ4v) is 2.97. The van der Waals surface area contributed by atoms with Crippen LogP contribution in [0.5, 0.6) is 11.5 Å². The molecule has 28 heavy (non-hydrogen) atoms. The number of carbonyl (C=O) groups excluding carboxylic acids is 2. The van der Waals surface area contributed by atoms with E-state index in [4.69, 9.17) is 16.3 Å². The molecule has 0 unspecified atom stereocenters. The summed E-state index contributed by atoms with van der Waals surface area (Å²) >= 11 is 9.17. The summed E-state index contributed by atoms with van der Waals surface area (Å²) in [6, 6.07) is 8.35. The van der Waals surface area contributed by atoms with Crippen LogP contribution in [-0.4, -0.2) is 30.2 Å². The van der Waals surface area contributed by atoms with E-state index < -0.39 is 5.91 Å². The summed E-state index contributed by atoms with van der Waals surface area (Å²) in [5.74, 6) is -0.544. The number of hydrogen-bond donors (Lipinski definition) is 3. The molecule has 0 aromatic heterocycles. The minimum atomic E-state index is -0.430. The lowest BCUT2D eigenvalue weighted by atomic mass is 10.2. The van der Waals surface area contributed by atoms with Crippen LogP contribution in [0.25, 0.3) is 0 Å². The SMILES string of the molecule is COc1cc(Br)cc(C=NNC(=O)CCC(=O)Nc2ccc(Cl)cc2C)c1O. The molecule has 0 aliphatic carbocycles. The van der Waals surface area contributed by atoms with Crippen LogP contribution in [0, 0.1) is 6.92 Å². The van der Waals surface area contributed by atoms with E-state index in [9.17, 15) is 14.7 Å². The van der Waals surface area contributed by atoms with Crippen LogP contribution in [-0.2, 0) is 9.59 Å². The lowest BCUT2D eigenvalue weighted by Gasteiger charge is -2.08. The Kier molecular flexibility index (Phi) is 7.83. The van der Waals surface area contributed by atoms with E-state index in [0.29, 0.717) is 20.7 Å². The van der Waals surface area contributed by atoms with E-state index in [-0.39, 0.29) is 30.2 Å². The van der Waals surface area contributed by atoms with Gasteiger partial charge in [0.2, 0.25) is 11.8 Å². The van der Waals surface area contributed by atoms with E-state index in [1.54, 1.807) is 30.3 Å². The Labute approximate surface area is 175 Å². The zero-order valence-electron chi connectivity index (χ0n) is 15.3. The largest absolute Gasteiger partial charge is 0.504 e. The first-order valence-corrected chi connectivity index (χ1v) is 9.41. The van der Waals surface area contributed by atoms with Gasteiger partial charge in [0, 0.05) is 33.6 Å². The number of aromatic hydroxyl groups is 1. The molecular weight excluding hydrogens is 450 g/mol. The quantitative estimate of drug-likeness (QED) is 0.422. The van der Waals surface area contributed by atoms with Gasteiger partial charge in [-0.1, -0.05) is 27.5 Å². The first-order chi connectivity index (χ1) is 13.3. The van der Waals surface area contributed by atoms with Gasteiger partial charge in [-0.15, -0.1) is 0 Å². The van der Waals surface area contributed by atoms with Gasteiger partial charge in [-0.05, 0) is 42.8 Å². The van der Waals surface area contributed by atoms with Gasteiger partial charge < -0.3 is 15.2 Å². The lowest BCUT2D eigenvalue weighted by molar-refractivity contribution is -0.124. The van der Waals surface area contributed by atoms with Crippen LogP contribution in [0.4, 0.5) is 5.69 Å². The molecule has 0 heterocycles. The van der Waals surface area contributed by atoms with Crippen molar-refractivity contribution in [3.05, 3.63) is 51.0 Å². The summed E-state index contributed by atoms with van der Waals surface area (Å²) in [6.07, 6.45) is 1.25. The molecule has 9 heteroatoms. The highest BCUT2D eigenvalue weighted by Gasteiger charge is 2.10. The van der Waals surface area contributed by atoms with E-state index in [1.807, 2.05) is 6.92 Å². The third-order valence-electron chi connectivity index (χ3n) is 3.72. The highest BCUT2D eigenvalue weighted by atomic mass is 79.9. The zero-order valence-corrected chi connectivity index (χ0v) is 17.6. The van der Waals surface area contributed by atoms with Crippen molar-refractivity contribution in [1.29, 1.82) is 0 Å². The second-order valence-electron chi connectivity index (χ2n) is 5.85. The van der Waals surface area contributed by atoms with Crippen molar-refractivity contribution in [2.45, 2.75) is 19.8 Å². The van der Waals surface area contributed by atoms with Gasteiger partial charge in [-0.2, -0.15) is 5.10 Å². The Morgan fingerprint density at radius 3 is 2.64 bits per heavy atom. The van der Waals surface area contributed by atoms with Gasteiger partial charge in [0.25, 0.3) is 0 Å².